The van der Waals surface area contributed by atoms with Crippen LogP contribution in [0.4, 0.5) is 0 Å². The van der Waals surface area contributed by atoms with Gasteiger partial charge in [0.15, 0.2) is 17.2 Å². The maximum Gasteiger partial charge on any atom is 0.283 e. The third kappa shape index (κ3) is 2.74. The molecule has 2 aliphatic carbocycles. The van der Waals surface area contributed by atoms with Crippen molar-refractivity contribution >= 4 is 23.4 Å². The number of carbonyl (C=O) groups is 3. The van der Waals surface area contributed by atoms with Gasteiger partial charge in [0.2, 0.25) is 11.8 Å². The number of nitrogens with zero attached hydrogens (tertiary/aromatic N) is 2. The molecule has 0 spiro atoms. The third-order valence-electron chi connectivity index (χ3n) is 7.22. The van der Waals surface area contributed by atoms with Gasteiger partial charge in [-0.2, -0.15) is 0 Å². The first-order valence-corrected chi connectivity index (χ1v) is 10.3. The zero-order chi connectivity index (χ0) is 21.9. The van der Waals surface area contributed by atoms with Crippen molar-refractivity contribution in [2.45, 2.75) is 18.9 Å². The number of imide groups is 1. The molecule has 2 heterocycles. The van der Waals surface area contributed by atoms with Crippen LogP contribution in [-0.2, 0) is 25.6 Å². The van der Waals surface area contributed by atoms with E-state index in [1.54, 1.807) is 20.3 Å². The first-order chi connectivity index (χ1) is 15.0. The molecule has 0 radical (unpaired) electrons. The third-order valence-corrected chi connectivity index (χ3v) is 7.22. The molecule has 2 saturated carbocycles. The van der Waals surface area contributed by atoms with E-state index in [-0.39, 0.29) is 41.4 Å². The molecule has 4 aliphatic rings. The minimum Gasteiger partial charge on any atom is -0.493 e. The Balaban J connectivity index is 1.33. The van der Waals surface area contributed by atoms with Crippen molar-refractivity contribution in [3.05, 3.63) is 23.8 Å². The Morgan fingerprint density at radius 3 is 2.55 bits per heavy atom. The van der Waals surface area contributed by atoms with Crippen molar-refractivity contribution in [2.75, 3.05) is 20.8 Å². The molecular formula is C21H24N4O6. The maximum absolute atomic E-state index is 13.2. The molecule has 1 aromatic carbocycles. The number of nitrogens with one attached hydrogen (secondary N) is 1. The number of amides is 3. The summed E-state index contributed by atoms with van der Waals surface area (Å²) in [6.07, 6.45) is 0.849. The largest absolute Gasteiger partial charge is 0.493 e. The number of rotatable bonds is 6. The number of oxime groups is 1. The van der Waals surface area contributed by atoms with Gasteiger partial charge < -0.3 is 14.3 Å². The van der Waals surface area contributed by atoms with Gasteiger partial charge in [-0.05, 0) is 36.5 Å². The van der Waals surface area contributed by atoms with Gasteiger partial charge in [-0.1, -0.05) is 11.2 Å². The van der Waals surface area contributed by atoms with Crippen molar-refractivity contribution in [2.24, 2.45) is 40.6 Å². The summed E-state index contributed by atoms with van der Waals surface area (Å²) in [6, 6.07) is 5.54. The lowest BCUT2D eigenvalue weighted by molar-refractivity contribution is -0.141. The van der Waals surface area contributed by atoms with Gasteiger partial charge in [-0.3, -0.25) is 24.7 Å². The van der Waals surface area contributed by atoms with E-state index in [1.807, 2.05) is 12.1 Å². The molecule has 164 valence electrons. The van der Waals surface area contributed by atoms with Crippen LogP contribution in [0.25, 0.3) is 0 Å². The van der Waals surface area contributed by atoms with Crippen molar-refractivity contribution in [1.82, 2.24) is 10.3 Å². The fraction of sp³-hybridized carbons (Fsp3) is 0.524. The molecule has 1 aromatic rings. The van der Waals surface area contributed by atoms with Crippen LogP contribution in [0.2, 0.25) is 0 Å². The van der Waals surface area contributed by atoms with Gasteiger partial charge in [-0.25, -0.2) is 5.84 Å². The lowest BCUT2D eigenvalue weighted by Gasteiger charge is -2.29. The van der Waals surface area contributed by atoms with Crippen LogP contribution < -0.4 is 20.7 Å². The second-order valence-corrected chi connectivity index (χ2v) is 8.43. The zero-order valence-corrected chi connectivity index (χ0v) is 17.2. The maximum atomic E-state index is 13.2. The first-order valence-electron chi connectivity index (χ1n) is 10.3. The van der Waals surface area contributed by atoms with Crippen molar-refractivity contribution in [3.8, 4) is 11.5 Å². The number of fused-ring (bicyclic) bond motifs is 8. The minimum atomic E-state index is -0.501. The number of nitrogens with two attached hydrogens (primary N) is 1. The van der Waals surface area contributed by atoms with Crippen molar-refractivity contribution in [1.29, 1.82) is 0 Å². The summed E-state index contributed by atoms with van der Waals surface area (Å²) < 4.78 is 10.6. The Morgan fingerprint density at radius 1 is 1.16 bits per heavy atom. The van der Waals surface area contributed by atoms with Crippen LogP contribution in [0, 0.1) is 29.6 Å². The van der Waals surface area contributed by atoms with Crippen molar-refractivity contribution < 1.29 is 28.7 Å². The Bertz CT molecular complexity index is 994. The van der Waals surface area contributed by atoms with Crippen LogP contribution in [0.15, 0.2) is 23.4 Å². The molecule has 10 heteroatoms. The molecule has 1 saturated heterocycles. The topological polar surface area (TPSA) is 133 Å². The Morgan fingerprint density at radius 2 is 1.87 bits per heavy atom. The second kappa shape index (κ2) is 7.23. The van der Waals surface area contributed by atoms with Crippen LogP contribution in [-0.4, -0.2) is 55.2 Å². The average Bonchev–Trinajstić information content (AvgIpc) is 3.52. The summed E-state index contributed by atoms with van der Waals surface area (Å²) in [5.74, 6) is 4.29. The van der Waals surface area contributed by atoms with Crippen LogP contribution in [0.5, 0.6) is 11.5 Å². The highest BCUT2D eigenvalue weighted by molar-refractivity contribution is 6.40. The summed E-state index contributed by atoms with van der Waals surface area (Å²) in [5, 5.41) is 3.90. The van der Waals surface area contributed by atoms with E-state index in [9.17, 15) is 14.4 Å². The molecule has 31 heavy (non-hydrogen) atoms. The quantitative estimate of drug-likeness (QED) is 0.279. The van der Waals surface area contributed by atoms with Gasteiger partial charge in [-0.15, -0.1) is 0 Å². The van der Waals surface area contributed by atoms with Crippen LogP contribution >= 0.6 is 0 Å². The van der Waals surface area contributed by atoms with Gasteiger partial charge in [0.05, 0.1) is 32.0 Å². The minimum absolute atomic E-state index is 0.116. The van der Waals surface area contributed by atoms with E-state index in [4.69, 9.17) is 20.2 Å². The molecule has 0 unspecified atom stereocenters. The van der Waals surface area contributed by atoms with E-state index in [1.165, 1.54) is 4.90 Å². The smallest absolute Gasteiger partial charge is 0.283 e. The predicted molar refractivity (Wildman–Crippen MR) is 107 cm³/mol. The summed E-state index contributed by atoms with van der Waals surface area (Å²) in [7, 11) is 3.13. The monoisotopic (exact) mass is 428 g/mol. The number of hydrogen-bond acceptors (Lipinski definition) is 8. The number of methoxy groups -OCH3 is 2. The standard InChI is InChI=1S/C21H24N4O6/c1-29-12-4-3-9(7-13(12)30-2)5-6-25-20(27)14-10-8-11(15(14)21(25)28)18-16(10)17(24-31-18)19(26)23-22/h3-4,7,10-11,14-16,18H,5-6,8,22H2,1-2H3,(H,23,26)/t10-,11-,14-,15-,16-,18+/m1/s1. The van der Waals surface area contributed by atoms with E-state index < -0.39 is 17.7 Å². The van der Waals surface area contributed by atoms with E-state index in [0.717, 1.165) is 5.56 Å². The first kappa shape index (κ1) is 19.8. The Kier molecular flexibility index (Phi) is 4.62. The summed E-state index contributed by atoms with van der Waals surface area (Å²) in [4.78, 5) is 45.3. The summed E-state index contributed by atoms with van der Waals surface area (Å²) in [6.45, 7) is 0.292. The number of hydrogen-bond donors (Lipinski definition) is 2. The van der Waals surface area contributed by atoms with Gasteiger partial charge >= 0.3 is 0 Å². The molecule has 2 aliphatic heterocycles. The predicted octanol–water partition coefficient (Wildman–Crippen LogP) is -0.142. The lowest BCUT2D eigenvalue weighted by Crippen LogP contribution is -2.46. The molecule has 3 amide bonds. The fourth-order valence-electron chi connectivity index (χ4n) is 5.95. The molecular weight excluding hydrogens is 404 g/mol. The van der Waals surface area contributed by atoms with Gasteiger partial charge in [0.1, 0.15) is 6.10 Å². The lowest BCUT2D eigenvalue weighted by atomic mass is 9.72. The molecule has 0 aromatic heterocycles. The van der Waals surface area contributed by atoms with E-state index in [0.29, 0.717) is 30.9 Å². The highest BCUT2D eigenvalue weighted by atomic mass is 16.6. The van der Waals surface area contributed by atoms with Crippen LogP contribution in [0.3, 0.4) is 0 Å². The van der Waals surface area contributed by atoms with Crippen LogP contribution in [0.1, 0.15) is 12.0 Å². The van der Waals surface area contributed by atoms with Gasteiger partial charge in [0, 0.05) is 12.5 Å². The highest BCUT2D eigenvalue weighted by Crippen LogP contribution is 2.61. The number of hydrazine groups is 1. The summed E-state index contributed by atoms with van der Waals surface area (Å²) in [5.41, 5.74) is 3.25. The molecule has 10 nitrogen and oxygen atoms in total. The molecule has 3 N–H and O–H groups in total. The summed E-state index contributed by atoms with van der Waals surface area (Å²) >= 11 is 0. The van der Waals surface area contributed by atoms with Gasteiger partial charge in [0.25, 0.3) is 5.91 Å². The number of ether oxygens (including phenoxy) is 2. The molecule has 3 fully saturated rings. The number of benzene rings is 1. The second-order valence-electron chi connectivity index (χ2n) is 8.43. The number of carbonyl (C=O) groups excluding carboxylic acids is 3. The van der Waals surface area contributed by atoms with E-state index >= 15 is 0 Å². The average molecular weight is 428 g/mol. The zero-order valence-electron chi connectivity index (χ0n) is 17.2. The fourth-order valence-corrected chi connectivity index (χ4v) is 5.95. The molecule has 2 bridgehead atoms. The molecule has 6 atom stereocenters. The SMILES string of the molecule is COc1ccc(CCN2C(=O)[C@@H]3[C@H]4C[C@@H]([C@@H]5ON=C(C(=O)NN)[C@@H]45)[C@H]3C2=O)cc1OC. The number of likely N-dealkylation sites (tertiary alicyclic amines) is 1. The highest BCUT2D eigenvalue weighted by Gasteiger charge is 2.70. The Labute approximate surface area is 178 Å². The normalized spacial score (nSPS) is 32.5. The molecule has 5 rings (SSSR count). The van der Waals surface area contributed by atoms with Crippen molar-refractivity contribution in [3.63, 3.8) is 0 Å². The Hall–Kier alpha value is -3.14. The van der Waals surface area contributed by atoms with E-state index in [2.05, 4.69) is 10.6 Å².